The Bertz CT molecular complexity index is 664. The van der Waals surface area contributed by atoms with Gasteiger partial charge in [-0.3, -0.25) is 4.21 Å². The van der Waals surface area contributed by atoms with E-state index in [-0.39, 0.29) is 5.75 Å². The highest BCUT2D eigenvalue weighted by molar-refractivity contribution is 7.85. The Morgan fingerprint density at radius 1 is 1.19 bits per heavy atom. The highest BCUT2D eigenvalue weighted by atomic mass is 35.5. The van der Waals surface area contributed by atoms with Crippen LogP contribution in [0.3, 0.4) is 0 Å². The molecule has 0 aromatic heterocycles. The largest absolute Gasteiger partial charge is 0.496 e. The summed E-state index contributed by atoms with van der Waals surface area (Å²) in [5.41, 5.74) is 6.97. The number of halogens is 2. The Balaban J connectivity index is 2.16. The van der Waals surface area contributed by atoms with Crippen LogP contribution in [0.25, 0.3) is 0 Å². The minimum atomic E-state index is -1.27. The minimum Gasteiger partial charge on any atom is -0.496 e. The van der Waals surface area contributed by atoms with Crippen molar-refractivity contribution in [1.29, 1.82) is 0 Å². The van der Waals surface area contributed by atoms with Gasteiger partial charge < -0.3 is 10.5 Å². The zero-order valence-corrected chi connectivity index (χ0v) is 13.7. The predicted molar refractivity (Wildman–Crippen MR) is 87.7 cm³/mol. The Morgan fingerprint density at radius 2 is 1.90 bits per heavy atom. The monoisotopic (exact) mass is 343 g/mol. The third-order valence-electron chi connectivity index (χ3n) is 3.02. The first-order valence-corrected chi connectivity index (χ1v) is 8.32. The lowest BCUT2D eigenvalue weighted by atomic mass is 10.1. The topological polar surface area (TPSA) is 52.3 Å². The van der Waals surface area contributed by atoms with E-state index < -0.39 is 16.8 Å². The summed E-state index contributed by atoms with van der Waals surface area (Å²) < 4.78 is 17.7. The van der Waals surface area contributed by atoms with Gasteiger partial charge in [-0.05, 0) is 24.3 Å². The van der Waals surface area contributed by atoms with Gasteiger partial charge in [0.2, 0.25) is 0 Å². The average molecular weight is 344 g/mol. The van der Waals surface area contributed by atoms with E-state index in [1.54, 1.807) is 25.3 Å². The van der Waals surface area contributed by atoms with Crippen LogP contribution in [0.2, 0.25) is 10.0 Å². The molecular weight excluding hydrogens is 329 g/mol. The molecule has 3 nitrogen and oxygen atoms in total. The fraction of sp³-hybridized carbons (Fsp3) is 0.200. The molecule has 0 saturated carbocycles. The molecule has 0 aliphatic rings. The maximum Gasteiger partial charge on any atom is 0.123 e. The number of nitrogens with two attached hydrogens (primary N) is 1. The summed E-state index contributed by atoms with van der Waals surface area (Å²) in [6.45, 7) is 0. The van der Waals surface area contributed by atoms with Gasteiger partial charge in [0.15, 0.2) is 0 Å². The van der Waals surface area contributed by atoms with E-state index in [9.17, 15) is 4.21 Å². The van der Waals surface area contributed by atoms with Crippen molar-refractivity contribution in [2.24, 2.45) is 5.73 Å². The van der Waals surface area contributed by atoms with Gasteiger partial charge in [-0.25, -0.2) is 0 Å². The number of hydrogen-bond donors (Lipinski definition) is 1. The van der Waals surface area contributed by atoms with Gasteiger partial charge in [-0.15, -0.1) is 0 Å². The van der Waals surface area contributed by atoms with E-state index in [4.69, 9.17) is 33.7 Å². The first-order chi connectivity index (χ1) is 10.0. The van der Waals surface area contributed by atoms with Crippen molar-refractivity contribution >= 4 is 34.0 Å². The molecule has 0 radical (unpaired) electrons. The molecular formula is C15H15Cl2NO2S. The molecule has 0 amide bonds. The van der Waals surface area contributed by atoms with Gasteiger partial charge in [0.1, 0.15) is 5.75 Å². The van der Waals surface area contributed by atoms with Crippen LogP contribution < -0.4 is 10.5 Å². The summed E-state index contributed by atoms with van der Waals surface area (Å²) in [6.07, 6.45) is 0. The van der Waals surface area contributed by atoms with Gasteiger partial charge in [0.05, 0.1) is 28.0 Å². The van der Waals surface area contributed by atoms with Crippen LogP contribution in [0.4, 0.5) is 0 Å². The van der Waals surface area contributed by atoms with Crippen molar-refractivity contribution in [3.8, 4) is 5.75 Å². The molecule has 0 saturated heterocycles. The first-order valence-electron chi connectivity index (χ1n) is 6.25. The summed E-state index contributed by atoms with van der Waals surface area (Å²) in [4.78, 5) is 0.606. The van der Waals surface area contributed by atoms with E-state index in [0.29, 0.717) is 20.7 Å². The third kappa shape index (κ3) is 3.98. The fourth-order valence-corrected chi connectivity index (χ4v) is 3.47. The molecule has 6 heteroatoms. The number of hydrogen-bond acceptors (Lipinski definition) is 3. The van der Waals surface area contributed by atoms with Crippen molar-refractivity contribution in [3.05, 3.63) is 58.1 Å². The first kappa shape index (κ1) is 16.3. The molecule has 0 aliphatic heterocycles. The molecule has 2 unspecified atom stereocenters. The van der Waals surface area contributed by atoms with Gasteiger partial charge in [-0.2, -0.15) is 0 Å². The van der Waals surface area contributed by atoms with Gasteiger partial charge >= 0.3 is 0 Å². The lowest BCUT2D eigenvalue weighted by molar-refractivity contribution is 0.407. The summed E-state index contributed by atoms with van der Waals surface area (Å²) in [5, 5.41) is 0.819. The number of rotatable bonds is 5. The molecule has 2 atom stereocenters. The molecule has 2 aromatic carbocycles. The molecule has 2 rings (SSSR count). The fourth-order valence-electron chi connectivity index (χ4n) is 1.94. The van der Waals surface area contributed by atoms with Crippen LogP contribution in [0.1, 0.15) is 11.6 Å². The van der Waals surface area contributed by atoms with Crippen molar-refractivity contribution in [1.82, 2.24) is 0 Å². The minimum absolute atomic E-state index is 0.276. The van der Waals surface area contributed by atoms with E-state index in [1.165, 1.54) is 0 Å². The van der Waals surface area contributed by atoms with Crippen LogP contribution in [-0.2, 0) is 10.8 Å². The molecule has 0 heterocycles. The molecule has 0 aliphatic carbocycles. The number of ether oxygens (including phenoxy) is 1. The summed E-state index contributed by atoms with van der Waals surface area (Å²) in [7, 11) is 0.318. The second-order valence-corrected chi connectivity index (χ2v) is 6.75. The van der Waals surface area contributed by atoms with Gasteiger partial charge in [0, 0.05) is 22.3 Å². The van der Waals surface area contributed by atoms with Gasteiger partial charge in [-0.1, -0.05) is 41.4 Å². The van der Waals surface area contributed by atoms with Crippen molar-refractivity contribution in [2.75, 3.05) is 12.9 Å². The van der Waals surface area contributed by atoms with Crippen LogP contribution in [-0.4, -0.2) is 17.1 Å². The average Bonchev–Trinajstić information content (AvgIpc) is 2.49. The third-order valence-corrected chi connectivity index (χ3v) is 5.20. The van der Waals surface area contributed by atoms with Crippen molar-refractivity contribution < 1.29 is 8.95 Å². The summed E-state index contributed by atoms with van der Waals surface area (Å²) >= 11 is 11.8. The maximum absolute atomic E-state index is 12.4. The molecule has 0 fully saturated rings. The Labute approximate surface area is 136 Å². The van der Waals surface area contributed by atoms with Crippen LogP contribution in [0.5, 0.6) is 5.75 Å². The smallest absolute Gasteiger partial charge is 0.123 e. The molecule has 112 valence electrons. The van der Waals surface area contributed by atoms with Crippen molar-refractivity contribution in [2.45, 2.75) is 10.9 Å². The molecule has 2 N–H and O–H groups in total. The zero-order chi connectivity index (χ0) is 15.4. The maximum atomic E-state index is 12.4. The standard InChI is InChI=1S/C15H15Cl2NO2S/c1-20-15-5-3-2-4-11(15)14(18)9-21(19)10-6-7-12(16)13(17)8-10/h2-8,14H,9,18H2,1H3. The molecule has 0 bridgehead atoms. The molecule has 21 heavy (non-hydrogen) atoms. The second-order valence-electron chi connectivity index (χ2n) is 4.44. The zero-order valence-electron chi connectivity index (χ0n) is 11.4. The second kappa shape index (κ2) is 7.27. The Hall–Kier alpha value is -1.07. The van der Waals surface area contributed by atoms with Gasteiger partial charge in [0.25, 0.3) is 0 Å². The quantitative estimate of drug-likeness (QED) is 0.897. The highest BCUT2D eigenvalue weighted by Gasteiger charge is 2.16. The van der Waals surface area contributed by atoms with E-state index >= 15 is 0 Å². The summed E-state index contributed by atoms with van der Waals surface area (Å²) in [5.74, 6) is 0.967. The number of benzene rings is 2. The number of para-hydroxylation sites is 1. The normalized spacial score (nSPS) is 13.7. The SMILES string of the molecule is COc1ccccc1C(N)CS(=O)c1ccc(Cl)c(Cl)c1. The predicted octanol–water partition coefficient (Wildman–Crippen LogP) is 3.81. The molecule has 0 spiro atoms. The highest BCUT2D eigenvalue weighted by Crippen LogP contribution is 2.27. The van der Waals surface area contributed by atoms with Crippen molar-refractivity contribution in [3.63, 3.8) is 0 Å². The van der Waals surface area contributed by atoms with E-state index in [2.05, 4.69) is 0 Å². The Kier molecular flexibility index (Phi) is 5.65. The van der Waals surface area contributed by atoms with Crippen LogP contribution in [0, 0.1) is 0 Å². The van der Waals surface area contributed by atoms with Crippen LogP contribution in [0.15, 0.2) is 47.4 Å². The van der Waals surface area contributed by atoms with Crippen LogP contribution >= 0.6 is 23.2 Å². The Morgan fingerprint density at radius 3 is 2.57 bits per heavy atom. The lowest BCUT2D eigenvalue weighted by Gasteiger charge is -2.15. The van der Waals surface area contributed by atoms with E-state index in [1.807, 2.05) is 24.3 Å². The molecule has 2 aromatic rings. The lowest BCUT2D eigenvalue weighted by Crippen LogP contribution is -2.19. The number of methoxy groups -OCH3 is 1. The summed E-state index contributed by atoms with van der Waals surface area (Å²) in [6, 6.07) is 12.0. The van der Waals surface area contributed by atoms with E-state index in [0.717, 1.165) is 5.56 Å².